The second-order valence-electron chi connectivity index (χ2n) is 5.08. The van der Waals surface area contributed by atoms with E-state index in [1.54, 1.807) is 4.90 Å². The molecule has 21 heavy (non-hydrogen) atoms. The summed E-state index contributed by atoms with van der Waals surface area (Å²) in [6.07, 6.45) is 0. The summed E-state index contributed by atoms with van der Waals surface area (Å²) in [6, 6.07) is 5.65. The average Bonchev–Trinajstić information content (AvgIpc) is 2.81. The van der Waals surface area contributed by atoms with Gasteiger partial charge in [0.05, 0.1) is 17.9 Å². The minimum atomic E-state index is -0.0864. The molecule has 1 aromatic carbocycles. The van der Waals surface area contributed by atoms with Crippen LogP contribution in [-0.4, -0.2) is 17.7 Å². The SMILES string of the molecule is Cc1noc(C)c1CN1C(=O)COc2ccc(CN)cc21. The third-order valence-corrected chi connectivity index (χ3v) is 3.70. The van der Waals surface area contributed by atoms with E-state index in [4.69, 9.17) is 15.0 Å². The summed E-state index contributed by atoms with van der Waals surface area (Å²) >= 11 is 0. The number of ether oxygens (including phenoxy) is 1. The number of hydrogen-bond donors (Lipinski definition) is 1. The molecule has 6 nitrogen and oxygen atoms in total. The summed E-state index contributed by atoms with van der Waals surface area (Å²) in [5, 5.41) is 3.93. The molecule has 6 heteroatoms. The highest BCUT2D eigenvalue weighted by molar-refractivity contribution is 5.97. The number of aromatic nitrogens is 1. The van der Waals surface area contributed by atoms with Crippen molar-refractivity contribution in [3.63, 3.8) is 0 Å². The number of anilines is 1. The number of benzene rings is 1. The van der Waals surface area contributed by atoms with Gasteiger partial charge in [0.25, 0.3) is 5.91 Å². The predicted molar refractivity (Wildman–Crippen MR) is 77.0 cm³/mol. The van der Waals surface area contributed by atoms with Gasteiger partial charge >= 0.3 is 0 Å². The fourth-order valence-corrected chi connectivity index (χ4v) is 2.43. The van der Waals surface area contributed by atoms with Crippen LogP contribution in [0.1, 0.15) is 22.6 Å². The maximum absolute atomic E-state index is 12.2. The first-order valence-electron chi connectivity index (χ1n) is 6.78. The molecule has 2 heterocycles. The first kappa shape index (κ1) is 13.6. The van der Waals surface area contributed by atoms with Gasteiger partial charge in [-0.2, -0.15) is 0 Å². The molecule has 0 unspecified atom stereocenters. The van der Waals surface area contributed by atoms with Gasteiger partial charge in [-0.25, -0.2) is 0 Å². The van der Waals surface area contributed by atoms with Crippen molar-refractivity contribution < 1.29 is 14.1 Å². The number of rotatable bonds is 3. The lowest BCUT2D eigenvalue weighted by Crippen LogP contribution is -2.38. The minimum absolute atomic E-state index is 0.0400. The van der Waals surface area contributed by atoms with Crippen molar-refractivity contribution in [2.75, 3.05) is 11.5 Å². The van der Waals surface area contributed by atoms with E-state index in [1.807, 2.05) is 32.0 Å². The van der Waals surface area contributed by atoms with Crippen LogP contribution in [0.2, 0.25) is 0 Å². The van der Waals surface area contributed by atoms with Crippen LogP contribution in [0, 0.1) is 13.8 Å². The molecule has 2 N–H and O–H groups in total. The Balaban J connectivity index is 2.00. The summed E-state index contributed by atoms with van der Waals surface area (Å²) in [7, 11) is 0. The molecule has 3 rings (SSSR count). The molecular formula is C15H17N3O3. The van der Waals surface area contributed by atoms with E-state index in [1.165, 1.54) is 0 Å². The number of fused-ring (bicyclic) bond motifs is 1. The van der Waals surface area contributed by atoms with Gasteiger partial charge in [0.1, 0.15) is 11.5 Å². The monoisotopic (exact) mass is 287 g/mol. The number of nitrogens with zero attached hydrogens (tertiary/aromatic N) is 2. The number of amides is 1. The highest BCUT2D eigenvalue weighted by atomic mass is 16.5. The van der Waals surface area contributed by atoms with Gasteiger partial charge in [-0.05, 0) is 31.5 Å². The summed E-state index contributed by atoms with van der Waals surface area (Å²) in [6.45, 7) is 4.59. The lowest BCUT2D eigenvalue weighted by Gasteiger charge is -2.29. The topological polar surface area (TPSA) is 81.6 Å². The van der Waals surface area contributed by atoms with Crippen molar-refractivity contribution in [3.8, 4) is 5.75 Å². The summed E-state index contributed by atoms with van der Waals surface area (Å²) in [4.78, 5) is 13.9. The van der Waals surface area contributed by atoms with Crippen LogP contribution in [0.15, 0.2) is 22.7 Å². The molecular weight excluding hydrogens is 270 g/mol. The Labute approximate surface area is 122 Å². The Hall–Kier alpha value is -2.34. The second-order valence-corrected chi connectivity index (χ2v) is 5.08. The maximum atomic E-state index is 12.2. The Kier molecular flexibility index (Phi) is 3.39. The molecule has 110 valence electrons. The largest absolute Gasteiger partial charge is 0.482 e. The Bertz CT molecular complexity index is 674. The summed E-state index contributed by atoms with van der Waals surface area (Å²) < 4.78 is 10.6. The molecule has 0 fully saturated rings. The lowest BCUT2D eigenvalue weighted by molar-refractivity contribution is -0.121. The van der Waals surface area contributed by atoms with Crippen LogP contribution in [0.4, 0.5) is 5.69 Å². The summed E-state index contributed by atoms with van der Waals surface area (Å²) in [5.74, 6) is 1.33. The molecule has 0 bridgehead atoms. The number of hydrogen-bond acceptors (Lipinski definition) is 5. The van der Waals surface area contributed by atoms with E-state index >= 15 is 0 Å². The van der Waals surface area contributed by atoms with Crippen LogP contribution in [0.5, 0.6) is 5.75 Å². The Morgan fingerprint density at radius 3 is 2.86 bits per heavy atom. The second kappa shape index (κ2) is 5.21. The number of nitrogens with two attached hydrogens (primary N) is 1. The van der Waals surface area contributed by atoms with Crippen LogP contribution in [-0.2, 0) is 17.9 Å². The molecule has 1 aromatic heterocycles. The van der Waals surface area contributed by atoms with Crippen LogP contribution in [0.25, 0.3) is 0 Å². The van der Waals surface area contributed by atoms with Gasteiger partial charge in [-0.15, -0.1) is 0 Å². The number of carbonyl (C=O) groups is 1. The van der Waals surface area contributed by atoms with Crippen LogP contribution >= 0.6 is 0 Å². The van der Waals surface area contributed by atoms with Gasteiger partial charge in [0, 0.05) is 12.1 Å². The first-order chi connectivity index (χ1) is 10.1. The first-order valence-corrected chi connectivity index (χ1v) is 6.78. The highest BCUT2D eigenvalue weighted by Gasteiger charge is 2.27. The molecule has 0 radical (unpaired) electrons. The van der Waals surface area contributed by atoms with E-state index in [0.29, 0.717) is 18.8 Å². The normalized spacial score (nSPS) is 14.0. The van der Waals surface area contributed by atoms with Crippen molar-refractivity contribution >= 4 is 11.6 Å². The van der Waals surface area contributed by atoms with Crippen molar-refractivity contribution in [2.24, 2.45) is 5.73 Å². The van der Waals surface area contributed by atoms with Crippen molar-refractivity contribution in [3.05, 3.63) is 40.8 Å². The molecule has 2 aromatic rings. The van der Waals surface area contributed by atoms with Gasteiger partial charge in [0.2, 0.25) is 0 Å². The van der Waals surface area contributed by atoms with Crippen LogP contribution < -0.4 is 15.4 Å². The van der Waals surface area contributed by atoms with Crippen LogP contribution in [0.3, 0.4) is 0 Å². The minimum Gasteiger partial charge on any atom is -0.482 e. The standard InChI is InChI=1S/C15H17N3O3/c1-9-12(10(2)21-17-9)7-18-13-5-11(6-16)3-4-14(13)20-8-15(18)19/h3-5H,6-8,16H2,1-2H3. The molecule has 1 aliphatic rings. The predicted octanol–water partition coefficient (Wildman–Crippen LogP) is 1.68. The van der Waals surface area contributed by atoms with E-state index in [9.17, 15) is 4.79 Å². The molecule has 0 saturated heterocycles. The molecule has 0 spiro atoms. The van der Waals surface area contributed by atoms with Crippen molar-refractivity contribution in [1.82, 2.24) is 5.16 Å². The van der Waals surface area contributed by atoms with Gasteiger partial charge in [-0.1, -0.05) is 11.2 Å². The zero-order valence-corrected chi connectivity index (χ0v) is 12.0. The van der Waals surface area contributed by atoms with Gasteiger partial charge < -0.3 is 19.9 Å². The fourth-order valence-electron chi connectivity index (χ4n) is 2.43. The van der Waals surface area contributed by atoms with E-state index < -0.39 is 0 Å². The molecule has 1 aliphatic heterocycles. The highest BCUT2D eigenvalue weighted by Crippen LogP contribution is 2.34. The van der Waals surface area contributed by atoms with Crippen molar-refractivity contribution in [1.29, 1.82) is 0 Å². The van der Waals surface area contributed by atoms with Gasteiger partial charge in [-0.3, -0.25) is 4.79 Å². The lowest BCUT2D eigenvalue weighted by atomic mass is 10.1. The Morgan fingerprint density at radius 1 is 1.38 bits per heavy atom. The number of aryl methyl sites for hydroxylation is 2. The number of carbonyl (C=O) groups excluding carboxylic acids is 1. The Morgan fingerprint density at radius 2 is 2.19 bits per heavy atom. The zero-order valence-electron chi connectivity index (χ0n) is 12.0. The molecule has 0 aliphatic carbocycles. The third-order valence-electron chi connectivity index (χ3n) is 3.70. The fraction of sp³-hybridized carbons (Fsp3) is 0.333. The average molecular weight is 287 g/mol. The van der Waals surface area contributed by atoms with E-state index in [-0.39, 0.29) is 12.5 Å². The zero-order chi connectivity index (χ0) is 15.0. The molecule has 0 saturated carbocycles. The smallest absolute Gasteiger partial charge is 0.265 e. The summed E-state index contributed by atoms with van der Waals surface area (Å²) in [5.41, 5.74) is 9.10. The van der Waals surface area contributed by atoms with E-state index in [0.717, 1.165) is 28.3 Å². The quantitative estimate of drug-likeness (QED) is 0.928. The maximum Gasteiger partial charge on any atom is 0.265 e. The van der Waals surface area contributed by atoms with E-state index in [2.05, 4.69) is 5.16 Å². The van der Waals surface area contributed by atoms with Gasteiger partial charge in [0.15, 0.2) is 6.61 Å². The third kappa shape index (κ3) is 2.38. The molecule has 0 atom stereocenters. The van der Waals surface area contributed by atoms with Crippen molar-refractivity contribution in [2.45, 2.75) is 26.9 Å². The molecule has 1 amide bonds.